The van der Waals surface area contributed by atoms with Gasteiger partial charge < -0.3 is 19.9 Å². The average Bonchev–Trinajstić information content (AvgIpc) is 2.57. The largest absolute Gasteiger partial charge is 0.462 e. The third kappa shape index (κ3) is 4.73. The maximum Gasteiger partial charge on any atom is 0.350 e. The number of quaternary nitrogens is 1. The zero-order chi connectivity index (χ0) is 16.7. The Morgan fingerprint density at radius 2 is 2.04 bits per heavy atom. The van der Waals surface area contributed by atoms with E-state index in [1.807, 2.05) is 30.3 Å². The molecule has 0 radical (unpaired) electrons. The molecule has 0 unspecified atom stereocenters. The molecule has 6 nitrogen and oxygen atoms in total. The highest BCUT2D eigenvalue weighted by Crippen LogP contribution is 2.18. The molecule has 0 saturated carbocycles. The van der Waals surface area contributed by atoms with Crippen molar-refractivity contribution in [2.75, 3.05) is 50.1 Å². The first kappa shape index (κ1) is 16.8. The predicted molar refractivity (Wildman–Crippen MR) is 89.2 cm³/mol. The Labute approximate surface area is 136 Å². The summed E-state index contributed by atoms with van der Waals surface area (Å²) in [4.78, 5) is 15.5. The van der Waals surface area contributed by atoms with Crippen LogP contribution in [0.2, 0.25) is 0 Å². The first-order chi connectivity index (χ1) is 11.1. The minimum Gasteiger partial charge on any atom is -0.462 e. The second-order valence-electron chi connectivity index (χ2n) is 5.53. The second kappa shape index (κ2) is 8.20. The number of nitriles is 1. The summed E-state index contributed by atoms with van der Waals surface area (Å²) < 4.78 is 4.81. The van der Waals surface area contributed by atoms with Crippen molar-refractivity contribution in [2.45, 2.75) is 6.92 Å². The number of benzene rings is 1. The summed E-state index contributed by atoms with van der Waals surface area (Å²) >= 11 is 0. The van der Waals surface area contributed by atoms with E-state index in [4.69, 9.17) is 10.00 Å². The molecule has 2 N–H and O–H groups in total. The Morgan fingerprint density at radius 1 is 1.39 bits per heavy atom. The number of hydrogen-bond acceptors (Lipinski definition) is 5. The number of rotatable bonds is 5. The molecule has 0 aromatic heterocycles. The predicted octanol–water partition coefficient (Wildman–Crippen LogP) is 0.404. The fourth-order valence-corrected chi connectivity index (χ4v) is 2.42. The van der Waals surface area contributed by atoms with Crippen molar-refractivity contribution in [2.24, 2.45) is 0 Å². The van der Waals surface area contributed by atoms with Crippen molar-refractivity contribution >= 4 is 17.3 Å². The Bertz CT molecular complexity index is 596. The molecule has 1 aromatic rings. The van der Waals surface area contributed by atoms with Crippen molar-refractivity contribution in [3.05, 3.63) is 36.0 Å². The first-order valence-electron chi connectivity index (χ1n) is 7.84. The summed E-state index contributed by atoms with van der Waals surface area (Å²) in [6.45, 7) is 6.36. The van der Waals surface area contributed by atoms with E-state index in [-0.39, 0.29) is 12.2 Å². The number of likely N-dealkylation sites (N-methyl/N-ethyl adjacent to an activating group) is 1. The molecule has 0 bridgehead atoms. The van der Waals surface area contributed by atoms with Crippen molar-refractivity contribution in [1.29, 1.82) is 5.26 Å². The van der Waals surface area contributed by atoms with Crippen LogP contribution in [-0.2, 0) is 9.53 Å². The summed E-state index contributed by atoms with van der Waals surface area (Å²) in [5, 5.41) is 11.9. The monoisotopic (exact) mass is 315 g/mol. The van der Waals surface area contributed by atoms with Gasteiger partial charge in [-0.15, -0.1) is 0 Å². The van der Waals surface area contributed by atoms with Crippen LogP contribution in [0.25, 0.3) is 0 Å². The van der Waals surface area contributed by atoms with Crippen molar-refractivity contribution in [3.63, 3.8) is 0 Å². The lowest BCUT2D eigenvalue weighted by Gasteiger charge is -2.31. The van der Waals surface area contributed by atoms with Crippen LogP contribution in [0.1, 0.15) is 6.92 Å². The van der Waals surface area contributed by atoms with Gasteiger partial charge in [0.05, 0.1) is 39.8 Å². The Kier molecular flexibility index (Phi) is 6.01. The number of esters is 1. The van der Waals surface area contributed by atoms with Crippen molar-refractivity contribution in [3.8, 4) is 6.07 Å². The molecular weight excluding hydrogens is 292 g/mol. The third-order valence-corrected chi connectivity index (χ3v) is 3.85. The number of nitrogens with one attached hydrogen (secondary N) is 2. The highest BCUT2D eigenvalue weighted by Gasteiger charge is 2.16. The maximum atomic E-state index is 11.5. The van der Waals surface area contributed by atoms with E-state index in [0.717, 1.165) is 31.9 Å². The van der Waals surface area contributed by atoms with Gasteiger partial charge in [-0.05, 0) is 31.2 Å². The number of ether oxygens (including phenoxy) is 1. The van der Waals surface area contributed by atoms with E-state index in [2.05, 4.69) is 17.3 Å². The lowest BCUT2D eigenvalue weighted by atomic mass is 10.2. The molecule has 1 heterocycles. The van der Waals surface area contributed by atoms with E-state index >= 15 is 0 Å². The van der Waals surface area contributed by atoms with Crippen LogP contribution in [0.15, 0.2) is 36.0 Å². The van der Waals surface area contributed by atoms with Gasteiger partial charge in [-0.1, -0.05) is 0 Å². The third-order valence-electron chi connectivity index (χ3n) is 3.85. The lowest BCUT2D eigenvalue weighted by molar-refractivity contribution is -0.880. The summed E-state index contributed by atoms with van der Waals surface area (Å²) in [5.41, 5.74) is 1.97. The highest BCUT2D eigenvalue weighted by molar-refractivity contribution is 5.93. The molecule has 23 heavy (non-hydrogen) atoms. The molecule has 1 aliphatic rings. The fraction of sp³-hybridized carbons (Fsp3) is 0.412. The fourth-order valence-electron chi connectivity index (χ4n) is 2.42. The van der Waals surface area contributed by atoms with Crippen molar-refractivity contribution in [1.82, 2.24) is 0 Å². The van der Waals surface area contributed by atoms with Gasteiger partial charge in [-0.3, -0.25) is 0 Å². The van der Waals surface area contributed by atoms with Gasteiger partial charge in [-0.25, -0.2) is 4.79 Å². The van der Waals surface area contributed by atoms with Crippen LogP contribution in [-0.4, -0.2) is 45.8 Å². The zero-order valence-corrected chi connectivity index (χ0v) is 13.6. The van der Waals surface area contributed by atoms with E-state index in [1.165, 1.54) is 11.9 Å². The standard InChI is InChI=1S/C17H22N4O2/c1-3-23-17(22)14(12-18)13-19-15-4-6-16(7-5-15)21-10-8-20(2)9-11-21/h4-7,13,19H,3,8-11H2,1-2H3/p+1/b14-13+. The van der Waals surface area contributed by atoms with E-state index in [1.54, 1.807) is 11.8 Å². The van der Waals surface area contributed by atoms with Crippen molar-refractivity contribution < 1.29 is 14.4 Å². The second-order valence-corrected chi connectivity index (χ2v) is 5.53. The molecule has 0 atom stereocenters. The summed E-state index contributed by atoms with van der Waals surface area (Å²) in [6.07, 6.45) is 1.38. The summed E-state index contributed by atoms with van der Waals surface area (Å²) in [5.74, 6) is -0.612. The van der Waals surface area contributed by atoms with Crippen LogP contribution in [0.4, 0.5) is 11.4 Å². The SMILES string of the molecule is CCOC(=O)/C(C#N)=C/Nc1ccc(N2CC[NH+](C)CC2)cc1. The Balaban J connectivity index is 1.97. The summed E-state index contributed by atoms with van der Waals surface area (Å²) in [7, 11) is 2.22. The topological polar surface area (TPSA) is 69.8 Å². The van der Waals surface area contributed by atoms with Gasteiger partial charge >= 0.3 is 5.97 Å². The number of piperazine rings is 1. The molecule has 1 fully saturated rings. The van der Waals surface area contributed by atoms with Crippen LogP contribution < -0.4 is 15.1 Å². The highest BCUT2D eigenvalue weighted by atomic mass is 16.5. The smallest absolute Gasteiger partial charge is 0.350 e. The molecule has 1 aliphatic heterocycles. The number of hydrogen-bond donors (Lipinski definition) is 2. The number of carbonyl (C=O) groups excluding carboxylic acids is 1. The molecule has 1 saturated heterocycles. The van der Waals surface area contributed by atoms with Gasteiger partial charge in [0.15, 0.2) is 5.57 Å². The summed E-state index contributed by atoms with van der Waals surface area (Å²) in [6, 6.07) is 9.82. The maximum absolute atomic E-state index is 11.5. The molecular formula is C17H23N4O2+. The molecule has 0 spiro atoms. The van der Waals surface area contributed by atoms with Gasteiger partial charge in [0.25, 0.3) is 0 Å². The quantitative estimate of drug-likeness (QED) is 0.468. The Morgan fingerprint density at radius 3 is 2.61 bits per heavy atom. The minimum atomic E-state index is -0.612. The van der Waals surface area contributed by atoms with Gasteiger partial charge in [0.2, 0.25) is 0 Å². The van der Waals surface area contributed by atoms with Gasteiger partial charge in [0.1, 0.15) is 6.07 Å². The molecule has 6 heteroatoms. The first-order valence-corrected chi connectivity index (χ1v) is 7.84. The molecule has 0 amide bonds. The number of carbonyl (C=O) groups is 1. The Hall–Kier alpha value is -2.52. The van der Waals surface area contributed by atoms with E-state index < -0.39 is 5.97 Å². The van der Waals surface area contributed by atoms with E-state index in [0.29, 0.717) is 0 Å². The zero-order valence-electron chi connectivity index (χ0n) is 13.6. The lowest BCUT2D eigenvalue weighted by Crippen LogP contribution is -3.12. The molecule has 0 aliphatic carbocycles. The molecule has 122 valence electrons. The van der Waals surface area contributed by atoms with Crippen LogP contribution in [0, 0.1) is 11.3 Å². The van der Waals surface area contributed by atoms with Crippen LogP contribution >= 0.6 is 0 Å². The van der Waals surface area contributed by atoms with Crippen LogP contribution in [0.5, 0.6) is 0 Å². The molecule has 2 rings (SSSR count). The average molecular weight is 315 g/mol. The van der Waals surface area contributed by atoms with Gasteiger partial charge in [-0.2, -0.15) is 5.26 Å². The normalized spacial score (nSPS) is 15.9. The minimum absolute atomic E-state index is 0.0435. The number of anilines is 2. The number of nitrogens with zero attached hydrogens (tertiary/aromatic N) is 2. The van der Waals surface area contributed by atoms with Gasteiger partial charge in [0, 0.05) is 17.6 Å². The van der Waals surface area contributed by atoms with Crippen LogP contribution in [0.3, 0.4) is 0 Å². The molecule has 1 aromatic carbocycles. The van der Waals surface area contributed by atoms with E-state index in [9.17, 15) is 4.79 Å².